The molecule has 1 aliphatic rings. The number of hydrogen-bond acceptors (Lipinski definition) is 2. The van der Waals surface area contributed by atoms with E-state index in [-0.39, 0.29) is 5.60 Å². The fraction of sp³-hybridized carbons (Fsp3) is 0.889. The Kier molecular flexibility index (Phi) is 2.17. The van der Waals surface area contributed by atoms with Gasteiger partial charge in [0.25, 0.3) is 0 Å². The molecular weight excluding hydrogens is 156 g/mol. The number of carbonyl (C=O) groups is 1. The van der Waals surface area contributed by atoms with Crippen molar-refractivity contribution in [3.8, 4) is 0 Å². The van der Waals surface area contributed by atoms with Crippen LogP contribution in [-0.4, -0.2) is 22.3 Å². The molecule has 3 nitrogen and oxygen atoms in total. The molecule has 0 bridgehead atoms. The van der Waals surface area contributed by atoms with Crippen molar-refractivity contribution in [3.63, 3.8) is 0 Å². The summed E-state index contributed by atoms with van der Waals surface area (Å²) in [4.78, 5) is 10.8. The molecule has 0 spiro atoms. The summed E-state index contributed by atoms with van der Waals surface area (Å²) in [6, 6.07) is 0. The lowest BCUT2D eigenvalue weighted by atomic mass is 9.88. The number of epoxide rings is 1. The van der Waals surface area contributed by atoms with E-state index in [1.165, 1.54) is 0 Å². The minimum Gasteiger partial charge on any atom is -0.479 e. The minimum atomic E-state index is -0.919. The molecule has 70 valence electrons. The highest BCUT2D eigenvalue weighted by atomic mass is 16.6. The predicted octanol–water partition coefficient (Wildman–Crippen LogP) is 1.81. The van der Waals surface area contributed by atoms with E-state index in [1.807, 2.05) is 13.8 Å². The largest absolute Gasteiger partial charge is 0.479 e. The third kappa shape index (κ3) is 1.04. The Morgan fingerprint density at radius 1 is 1.50 bits per heavy atom. The Morgan fingerprint density at radius 3 is 2.33 bits per heavy atom. The molecule has 0 aromatic rings. The first-order valence-electron chi connectivity index (χ1n) is 4.46. The van der Waals surface area contributed by atoms with Gasteiger partial charge < -0.3 is 9.84 Å². The quantitative estimate of drug-likeness (QED) is 0.658. The smallest absolute Gasteiger partial charge is 0.338 e. The topological polar surface area (TPSA) is 49.8 Å². The number of carboxylic acids is 1. The van der Waals surface area contributed by atoms with E-state index in [4.69, 9.17) is 9.84 Å². The molecule has 1 saturated heterocycles. The monoisotopic (exact) mass is 172 g/mol. The fourth-order valence-electron chi connectivity index (χ4n) is 1.88. The molecule has 0 saturated carbocycles. The summed E-state index contributed by atoms with van der Waals surface area (Å²) in [6.45, 7) is 5.68. The van der Waals surface area contributed by atoms with Crippen molar-refractivity contribution in [1.29, 1.82) is 0 Å². The number of hydrogen-bond donors (Lipinski definition) is 1. The Morgan fingerprint density at radius 2 is 2.08 bits per heavy atom. The molecule has 1 rings (SSSR count). The highest BCUT2D eigenvalue weighted by molar-refractivity contribution is 5.82. The van der Waals surface area contributed by atoms with Gasteiger partial charge in [-0.1, -0.05) is 20.3 Å². The van der Waals surface area contributed by atoms with E-state index in [9.17, 15) is 4.79 Å². The van der Waals surface area contributed by atoms with Crippen LogP contribution in [0.25, 0.3) is 0 Å². The van der Waals surface area contributed by atoms with Crippen LogP contribution in [0.2, 0.25) is 0 Å². The van der Waals surface area contributed by atoms with Crippen molar-refractivity contribution in [2.45, 2.75) is 51.2 Å². The van der Waals surface area contributed by atoms with Crippen LogP contribution in [-0.2, 0) is 9.53 Å². The van der Waals surface area contributed by atoms with Gasteiger partial charge in [-0.25, -0.2) is 4.79 Å². The van der Waals surface area contributed by atoms with Gasteiger partial charge in [0.1, 0.15) is 5.60 Å². The van der Waals surface area contributed by atoms with Crippen LogP contribution in [0.1, 0.15) is 40.0 Å². The van der Waals surface area contributed by atoms with Crippen molar-refractivity contribution in [1.82, 2.24) is 0 Å². The van der Waals surface area contributed by atoms with Crippen molar-refractivity contribution in [2.75, 3.05) is 0 Å². The van der Waals surface area contributed by atoms with Crippen LogP contribution in [0, 0.1) is 0 Å². The second-order valence-electron chi connectivity index (χ2n) is 3.54. The summed E-state index contributed by atoms with van der Waals surface area (Å²) in [5, 5.41) is 8.88. The summed E-state index contributed by atoms with van der Waals surface area (Å²) in [7, 11) is 0. The first-order chi connectivity index (χ1) is 5.52. The van der Waals surface area contributed by atoms with Gasteiger partial charge in [-0.2, -0.15) is 0 Å². The van der Waals surface area contributed by atoms with E-state index in [0.29, 0.717) is 0 Å². The molecule has 3 heteroatoms. The van der Waals surface area contributed by atoms with Gasteiger partial charge in [0.05, 0.1) is 0 Å². The highest BCUT2D eigenvalue weighted by Gasteiger charge is 2.70. The average molecular weight is 172 g/mol. The summed E-state index contributed by atoms with van der Waals surface area (Å²) in [5.74, 6) is -0.835. The van der Waals surface area contributed by atoms with E-state index >= 15 is 0 Å². The van der Waals surface area contributed by atoms with Crippen molar-refractivity contribution in [2.24, 2.45) is 0 Å². The number of carboxylic acid groups (broad SMARTS) is 1. The molecule has 1 heterocycles. The molecule has 1 N–H and O–H groups in total. The zero-order valence-electron chi connectivity index (χ0n) is 7.89. The van der Waals surface area contributed by atoms with E-state index in [2.05, 4.69) is 0 Å². The van der Waals surface area contributed by atoms with Gasteiger partial charge >= 0.3 is 5.97 Å². The summed E-state index contributed by atoms with van der Waals surface area (Å²) in [6.07, 6.45) is 2.59. The average Bonchev–Trinajstić information content (AvgIpc) is 2.60. The molecule has 0 aromatic carbocycles. The molecule has 12 heavy (non-hydrogen) atoms. The fourth-order valence-corrected chi connectivity index (χ4v) is 1.88. The molecule has 2 atom stereocenters. The first-order valence-corrected chi connectivity index (χ1v) is 4.46. The van der Waals surface area contributed by atoms with E-state index < -0.39 is 11.6 Å². The van der Waals surface area contributed by atoms with Crippen LogP contribution < -0.4 is 0 Å². The number of aliphatic carboxylic acids is 1. The molecule has 1 fully saturated rings. The molecule has 0 amide bonds. The Balaban J connectivity index is 2.71. The molecule has 0 aliphatic carbocycles. The molecule has 1 aliphatic heterocycles. The van der Waals surface area contributed by atoms with Crippen LogP contribution in [0.3, 0.4) is 0 Å². The Bertz CT molecular complexity index is 202. The molecule has 2 unspecified atom stereocenters. The predicted molar refractivity (Wildman–Crippen MR) is 45.1 cm³/mol. The van der Waals surface area contributed by atoms with Gasteiger partial charge in [-0.15, -0.1) is 0 Å². The van der Waals surface area contributed by atoms with Gasteiger partial charge in [0.15, 0.2) is 5.60 Å². The lowest BCUT2D eigenvalue weighted by Crippen LogP contribution is -2.30. The standard InChI is InChI=1S/C9H16O3/c1-4-6-9(5-2)8(3,12-9)7(10)11/h4-6H2,1-3H3,(H,10,11). The van der Waals surface area contributed by atoms with Gasteiger partial charge in [0, 0.05) is 0 Å². The molecule has 0 aromatic heterocycles. The number of rotatable bonds is 4. The number of ether oxygens (including phenoxy) is 1. The van der Waals surface area contributed by atoms with Gasteiger partial charge in [0.2, 0.25) is 0 Å². The van der Waals surface area contributed by atoms with Crippen molar-refractivity contribution >= 4 is 5.97 Å². The summed E-state index contributed by atoms with van der Waals surface area (Å²) in [5.41, 5.74) is -1.30. The summed E-state index contributed by atoms with van der Waals surface area (Å²) >= 11 is 0. The highest BCUT2D eigenvalue weighted by Crippen LogP contribution is 2.53. The van der Waals surface area contributed by atoms with Crippen LogP contribution in [0.15, 0.2) is 0 Å². The maximum atomic E-state index is 10.8. The lowest BCUT2D eigenvalue weighted by molar-refractivity contribution is -0.142. The van der Waals surface area contributed by atoms with E-state index in [0.717, 1.165) is 19.3 Å². The van der Waals surface area contributed by atoms with Crippen LogP contribution >= 0.6 is 0 Å². The zero-order chi connectivity index (χ0) is 9.41. The third-order valence-corrected chi connectivity index (χ3v) is 2.86. The second kappa shape index (κ2) is 2.73. The first kappa shape index (κ1) is 9.52. The van der Waals surface area contributed by atoms with E-state index in [1.54, 1.807) is 6.92 Å². The Labute approximate surface area is 72.7 Å². The maximum absolute atomic E-state index is 10.8. The SMILES string of the molecule is CCCC1(CC)OC1(C)C(=O)O. The van der Waals surface area contributed by atoms with Crippen LogP contribution in [0.5, 0.6) is 0 Å². The maximum Gasteiger partial charge on any atom is 0.338 e. The molecular formula is C9H16O3. The van der Waals surface area contributed by atoms with Crippen LogP contribution in [0.4, 0.5) is 0 Å². The van der Waals surface area contributed by atoms with Gasteiger partial charge in [-0.05, 0) is 19.8 Å². The third-order valence-electron chi connectivity index (χ3n) is 2.86. The summed E-state index contributed by atoms with van der Waals surface area (Å²) < 4.78 is 5.34. The molecule has 0 radical (unpaired) electrons. The second-order valence-corrected chi connectivity index (χ2v) is 3.54. The van der Waals surface area contributed by atoms with Gasteiger partial charge in [-0.3, -0.25) is 0 Å². The minimum absolute atomic E-state index is 0.381. The van der Waals surface area contributed by atoms with Crippen molar-refractivity contribution in [3.05, 3.63) is 0 Å². The normalized spacial score (nSPS) is 39.6. The Hall–Kier alpha value is -0.570. The van der Waals surface area contributed by atoms with Crippen molar-refractivity contribution < 1.29 is 14.6 Å². The lowest BCUT2D eigenvalue weighted by Gasteiger charge is -2.10. The zero-order valence-corrected chi connectivity index (χ0v) is 7.89.